The summed E-state index contributed by atoms with van der Waals surface area (Å²) in [5.41, 5.74) is 0. The Balaban J connectivity index is 1.72. The van der Waals surface area contributed by atoms with Gasteiger partial charge in [-0.1, -0.05) is 12.5 Å². The Morgan fingerprint density at radius 3 is 3.00 bits per heavy atom. The smallest absolute Gasteiger partial charge is 0.320 e. The number of aliphatic carboxylic acids is 1. The van der Waals surface area contributed by atoms with Crippen molar-refractivity contribution in [1.82, 2.24) is 10.2 Å². The van der Waals surface area contributed by atoms with Gasteiger partial charge in [0.15, 0.2) is 0 Å². The molecule has 0 unspecified atom stereocenters. The lowest BCUT2D eigenvalue weighted by atomic mass is 10.0. The Kier molecular flexibility index (Phi) is 5.55. The van der Waals surface area contributed by atoms with Crippen LogP contribution in [0.4, 0.5) is 0 Å². The van der Waals surface area contributed by atoms with Crippen LogP contribution in [0.5, 0.6) is 0 Å². The third-order valence-corrected chi connectivity index (χ3v) is 4.44. The van der Waals surface area contributed by atoms with Crippen molar-refractivity contribution in [1.29, 1.82) is 0 Å². The van der Waals surface area contributed by atoms with E-state index in [9.17, 15) is 9.59 Å². The number of carboxylic acid groups (broad SMARTS) is 1. The molecule has 0 saturated carbocycles. The van der Waals surface area contributed by atoms with Crippen LogP contribution in [0.25, 0.3) is 0 Å². The van der Waals surface area contributed by atoms with Crippen molar-refractivity contribution in [2.45, 2.75) is 38.3 Å². The van der Waals surface area contributed by atoms with Gasteiger partial charge in [-0.2, -0.15) is 0 Å². The highest BCUT2D eigenvalue weighted by atomic mass is 32.1. The molecule has 0 aliphatic carbocycles. The van der Waals surface area contributed by atoms with Crippen LogP contribution in [-0.4, -0.2) is 41.0 Å². The Bertz CT molecular complexity index is 447. The number of thiophene rings is 1. The number of hydrogen-bond acceptors (Lipinski definition) is 4. The number of carboxylic acids is 1. The third-order valence-electron chi connectivity index (χ3n) is 3.56. The molecule has 1 aliphatic rings. The molecule has 2 N–H and O–H groups in total. The molecule has 1 aromatic rings. The highest BCUT2D eigenvalue weighted by Gasteiger charge is 2.28. The van der Waals surface area contributed by atoms with Crippen molar-refractivity contribution in [3.05, 3.63) is 22.4 Å². The van der Waals surface area contributed by atoms with Crippen LogP contribution >= 0.6 is 11.3 Å². The number of rotatable bonds is 6. The second-order valence-corrected chi connectivity index (χ2v) is 6.02. The first-order chi connectivity index (χ1) is 9.66. The van der Waals surface area contributed by atoms with Gasteiger partial charge in [0, 0.05) is 17.8 Å². The van der Waals surface area contributed by atoms with Gasteiger partial charge in [0.25, 0.3) is 0 Å². The van der Waals surface area contributed by atoms with Crippen molar-refractivity contribution in [3.8, 4) is 0 Å². The van der Waals surface area contributed by atoms with E-state index in [0.29, 0.717) is 25.9 Å². The van der Waals surface area contributed by atoms with Gasteiger partial charge in [-0.05, 0) is 30.8 Å². The summed E-state index contributed by atoms with van der Waals surface area (Å²) in [7, 11) is 0. The molecular formula is C14H20N2O3S. The minimum absolute atomic E-state index is 0.0203. The Morgan fingerprint density at radius 1 is 1.45 bits per heavy atom. The predicted octanol–water partition coefficient (Wildman–Crippen LogP) is 1.69. The van der Waals surface area contributed by atoms with E-state index in [1.165, 1.54) is 0 Å². The molecule has 1 aliphatic heterocycles. The number of nitrogens with one attached hydrogen (secondary N) is 1. The minimum Gasteiger partial charge on any atom is -0.480 e. The van der Waals surface area contributed by atoms with Crippen LogP contribution in [0.3, 0.4) is 0 Å². The number of carbonyl (C=O) groups excluding carboxylic acids is 1. The summed E-state index contributed by atoms with van der Waals surface area (Å²) in [5, 5.41) is 14.0. The number of nitrogens with zero attached hydrogens (tertiary/aromatic N) is 1. The van der Waals surface area contributed by atoms with Crippen LogP contribution in [0.15, 0.2) is 17.5 Å². The van der Waals surface area contributed by atoms with Crippen molar-refractivity contribution in [3.63, 3.8) is 0 Å². The molecule has 0 aromatic carbocycles. The Labute approximate surface area is 122 Å². The third kappa shape index (κ3) is 4.31. The van der Waals surface area contributed by atoms with E-state index in [-0.39, 0.29) is 5.91 Å². The highest BCUT2D eigenvalue weighted by molar-refractivity contribution is 7.09. The van der Waals surface area contributed by atoms with Crippen molar-refractivity contribution < 1.29 is 14.7 Å². The second-order valence-electron chi connectivity index (χ2n) is 4.99. The zero-order valence-electron chi connectivity index (χ0n) is 11.4. The molecule has 110 valence electrons. The monoisotopic (exact) mass is 296 g/mol. The quantitative estimate of drug-likeness (QED) is 0.838. The number of carbonyl (C=O) groups is 2. The molecular weight excluding hydrogens is 276 g/mol. The minimum atomic E-state index is -0.774. The van der Waals surface area contributed by atoms with E-state index in [0.717, 1.165) is 24.3 Å². The summed E-state index contributed by atoms with van der Waals surface area (Å²) in [6.45, 7) is 1.85. The second kappa shape index (κ2) is 7.40. The zero-order valence-corrected chi connectivity index (χ0v) is 12.2. The lowest BCUT2D eigenvalue weighted by Crippen LogP contribution is -2.45. The molecule has 1 fully saturated rings. The van der Waals surface area contributed by atoms with Gasteiger partial charge in [-0.25, -0.2) is 0 Å². The standard InChI is InChI=1S/C14H20N2O3S/c17-13(15-10-11-4-3-9-20-11)6-8-16-7-2-1-5-12(16)14(18)19/h3-4,9,12H,1-2,5-8,10H2,(H,15,17)(H,18,19)/t12-/m0/s1. The number of hydrogen-bond donors (Lipinski definition) is 2. The van der Waals surface area contributed by atoms with Crippen LogP contribution in [0.1, 0.15) is 30.6 Å². The summed E-state index contributed by atoms with van der Waals surface area (Å²) in [4.78, 5) is 26.0. The van der Waals surface area contributed by atoms with E-state index in [2.05, 4.69) is 5.32 Å². The first kappa shape index (κ1) is 15.0. The summed E-state index contributed by atoms with van der Waals surface area (Å²) < 4.78 is 0. The average Bonchev–Trinajstić information content (AvgIpc) is 2.96. The first-order valence-corrected chi connectivity index (χ1v) is 7.80. The molecule has 20 heavy (non-hydrogen) atoms. The molecule has 0 radical (unpaired) electrons. The van der Waals surface area contributed by atoms with Gasteiger partial charge in [0.1, 0.15) is 6.04 Å². The average molecular weight is 296 g/mol. The van der Waals surface area contributed by atoms with Crippen LogP contribution in [0, 0.1) is 0 Å². The van der Waals surface area contributed by atoms with Gasteiger partial charge in [0.05, 0.1) is 6.54 Å². The summed E-state index contributed by atoms with van der Waals surface area (Å²) in [6, 6.07) is 3.52. The Morgan fingerprint density at radius 2 is 2.30 bits per heavy atom. The molecule has 2 heterocycles. The topological polar surface area (TPSA) is 69.6 Å². The predicted molar refractivity (Wildman–Crippen MR) is 77.6 cm³/mol. The van der Waals surface area contributed by atoms with Crippen molar-refractivity contribution in [2.75, 3.05) is 13.1 Å². The lowest BCUT2D eigenvalue weighted by molar-refractivity contribution is -0.145. The number of amides is 1. The van der Waals surface area contributed by atoms with Crippen LogP contribution in [0.2, 0.25) is 0 Å². The van der Waals surface area contributed by atoms with Gasteiger partial charge in [-0.3, -0.25) is 14.5 Å². The normalized spacial score (nSPS) is 19.7. The van der Waals surface area contributed by atoms with Crippen molar-refractivity contribution >= 4 is 23.2 Å². The number of likely N-dealkylation sites (tertiary alicyclic amines) is 1. The lowest BCUT2D eigenvalue weighted by Gasteiger charge is -2.32. The van der Waals surface area contributed by atoms with E-state index in [1.54, 1.807) is 11.3 Å². The maximum Gasteiger partial charge on any atom is 0.320 e. The van der Waals surface area contributed by atoms with Gasteiger partial charge in [0.2, 0.25) is 5.91 Å². The van der Waals surface area contributed by atoms with E-state index in [1.807, 2.05) is 22.4 Å². The summed E-state index contributed by atoms with van der Waals surface area (Å²) in [5.74, 6) is -0.795. The molecule has 6 heteroatoms. The zero-order chi connectivity index (χ0) is 14.4. The van der Waals surface area contributed by atoms with Crippen LogP contribution in [-0.2, 0) is 16.1 Å². The molecule has 1 amide bonds. The fourth-order valence-corrected chi connectivity index (χ4v) is 3.12. The Hall–Kier alpha value is -1.40. The van der Waals surface area contributed by atoms with E-state index >= 15 is 0 Å². The maximum absolute atomic E-state index is 11.8. The van der Waals surface area contributed by atoms with Gasteiger partial charge in [-0.15, -0.1) is 11.3 Å². The molecule has 0 bridgehead atoms. The largest absolute Gasteiger partial charge is 0.480 e. The maximum atomic E-state index is 11.8. The number of piperidine rings is 1. The van der Waals surface area contributed by atoms with E-state index < -0.39 is 12.0 Å². The van der Waals surface area contributed by atoms with E-state index in [4.69, 9.17) is 5.11 Å². The highest BCUT2D eigenvalue weighted by Crippen LogP contribution is 2.17. The molecule has 1 atom stereocenters. The fourth-order valence-electron chi connectivity index (χ4n) is 2.47. The van der Waals surface area contributed by atoms with Crippen molar-refractivity contribution in [2.24, 2.45) is 0 Å². The molecule has 5 nitrogen and oxygen atoms in total. The SMILES string of the molecule is O=C(CCN1CCCC[C@H]1C(=O)O)NCc1cccs1. The van der Waals surface area contributed by atoms with Crippen LogP contribution < -0.4 is 5.32 Å². The summed E-state index contributed by atoms with van der Waals surface area (Å²) in [6.07, 6.45) is 3.01. The first-order valence-electron chi connectivity index (χ1n) is 6.93. The van der Waals surface area contributed by atoms with Gasteiger partial charge < -0.3 is 10.4 Å². The molecule has 0 spiro atoms. The molecule has 1 saturated heterocycles. The summed E-state index contributed by atoms with van der Waals surface area (Å²) >= 11 is 1.61. The molecule has 1 aromatic heterocycles. The van der Waals surface area contributed by atoms with Gasteiger partial charge >= 0.3 is 5.97 Å². The fraction of sp³-hybridized carbons (Fsp3) is 0.571. The molecule has 2 rings (SSSR count).